The highest BCUT2D eigenvalue weighted by Gasteiger charge is 2.15. The molecule has 0 bridgehead atoms. The predicted molar refractivity (Wildman–Crippen MR) is 116 cm³/mol. The number of aromatic nitrogens is 3. The van der Waals surface area contributed by atoms with Gasteiger partial charge in [0, 0.05) is 45.6 Å². The van der Waals surface area contributed by atoms with Crippen LogP contribution in [-0.4, -0.2) is 20.4 Å². The average molecular weight is 403 g/mol. The summed E-state index contributed by atoms with van der Waals surface area (Å²) in [5.74, 6) is 0.682. The smallest absolute Gasteiger partial charge is 0.255 e. The third-order valence-electron chi connectivity index (χ3n) is 4.77. The first-order valence-electron chi connectivity index (χ1n) is 9.16. The van der Waals surface area contributed by atoms with Crippen LogP contribution < -0.4 is 5.32 Å². The molecule has 29 heavy (non-hydrogen) atoms. The molecule has 0 unspecified atom stereocenters. The first-order chi connectivity index (χ1) is 14.0. The summed E-state index contributed by atoms with van der Waals surface area (Å²) in [7, 11) is 0. The fourth-order valence-electron chi connectivity index (χ4n) is 3.12. The molecule has 0 spiro atoms. The monoisotopic (exact) mass is 402 g/mol. The van der Waals surface area contributed by atoms with Gasteiger partial charge < -0.3 is 5.32 Å². The zero-order chi connectivity index (χ0) is 20.4. The molecule has 4 aromatic rings. The van der Waals surface area contributed by atoms with E-state index in [0.717, 1.165) is 34.2 Å². The van der Waals surface area contributed by atoms with Crippen LogP contribution in [0, 0.1) is 13.8 Å². The van der Waals surface area contributed by atoms with Crippen molar-refractivity contribution in [2.45, 2.75) is 13.8 Å². The van der Waals surface area contributed by atoms with Gasteiger partial charge in [0.05, 0.1) is 5.69 Å². The second-order valence-electron chi connectivity index (χ2n) is 6.69. The van der Waals surface area contributed by atoms with E-state index in [2.05, 4.69) is 14.9 Å². The minimum atomic E-state index is -0.170. The lowest BCUT2D eigenvalue weighted by Crippen LogP contribution is -2.11. The molecule has 1 N–H and O–H groups in total. The first-order valence-corrected chi connectivity index (χ1v) is 9.54. The quantitative estimate of drug-likeness (QED) is 0.493. The Morgan fingerprint density at radius 2 is 1.59 bits per heavy atom. The number of aryl methyl sites for hydroxylation is 1. The van der Waals surface area contributed by atoms with Gasteiger partial charge in [0.25, 0.3) is 5.91 Å². The number of imidazole rings is 1. The molecule has 0 atom stereocenters. The van der Waals surface area contributed by atoms with Crippen molar-refractivity contribution in [1.29, 1.82) is 0 Å². The van der Waals surface area contributed by atoms with E-state index in [-0.39, 0.29) is 5.91 Å². The molecule has 0 saturated carbocycles. The maximum atomic E-state index is 12.3. The minimum Gasteiger partial charge on any atom is -0.322 e. The number of amides is 1. The maximum Gasteiger partial charge on any atom is 0.255 e. The van der Waals surface area contributed by atoms with Crippen molar-refractivity contribution in [1.82, 2.24) is 14.5 Å². The second-order valence-corrected chi connectivity index (χ2v) is 7.12. The normalized spacial score (nSPS) is 10.7. The summed E-state index contributed by atoms with van der Waals surface area (Å²) in [6.07, 6.45) is 3.20. The molecule has 0 aliphatic carbocycles. The molecular formula is C23H19ClN4O. The standard InChI is InChI=1S/C23H19ClN4O/c1-15-16(2)28(22(26-15)17-3-5-19(24)6-4-17)21-9-7-20(8-10-21)27-23(29)18-11-13-25-14-12-18/h3-14H,1-2H3,(H,27,29). The van der Waals surface area contributed by atoms with Crippen molar-refractivity contribution in [3.63, 3.8) is 0 Å². The Hall–Kier alpha value is -3.44. The Kier molecular flexibility index (Phi) is 5.14. The minimum absolute atomic E-state index is 0.170. The lowest BCUT2D eigenvalue weighted by molar-refractivity contribution is 0.102. The molecule has 144 valence electrons. The van der Waals surface area contributed by atoms with Crippen LogP contribution in [0.3, 0.4) is 0 Å². The topological polar surface area (TPSA) is 59.8 Å². The molecule has 4 rings (SSSR count). The Labute approximate surface area is 174 Å². The number of halogens is 1. The number of hydrogen-bond donors (Lipinski definition) is 1. The number of benzene rings is 2. The molecule has 2 heterocycles. The van der Waals surface area contributed by atoms with Gasteiger partial charge in [-0.1, -0.05) is 11.6 Å². The summed E-state index contributed by atoms with van der Waals surface area (Å²) in [6.45, 7) is 4.04. The van der Waals surface area contributed by atoms with Gasteiger partial charge in [0.15, 0.2) is 0 Å². The molecule has 0 aliphatic rings. The summed E-state index contributed by atoms with van der Waals surface area (Å²) >= 11 is 6.03. The number of pyridine rings is 1. The molecule has 0 aliphatic heterocycles. The summed E-state index contributed by atoms with van der Waals surface area (Å²) in [5, 5.41) is 3.59. The number of nitrogens with one attached hydrogen (secondary N) is 1. The number of nitrogens with zero attached hydrogens (tertiary/aromatic N) is 3. The third-order valence-corrected chi connectivity index (χ3v) is 5.02. The maximum absolute atomic E-state index is 12.3. The van der Waals surface area contributed by atoms with Crippen LogP contribution >= 0.6 is 11.6 Å². The number of anilines is 1. The van der Waals surface area contributed by atoms with Gasteiger partial charge in [-0.2, -0.15) is 0 Å². The summed E-state index contributed by atoms with van der Waals surface area (Å²) in [4.78, 5) is 21.0. The Balaban J connectivity index is 1.64. The number of carbonyl (C=O) groups is 1. The van der Waals surface area contributed by atoms with Gasteiger partial charge in [0.2, 0.25) is 0 Å². The predicted octanol–water partition coefficient (Wildman–Crippen LogP) is 5.46. The highest BCUT2D eigenvalue weighted by molar-refractivity contribution is 6.30. The molecule has 2 aromatic carbocycles. The van der Waals surface area contributed by atoms with Gasteiger partial charge in [-0.25, -0.2) is 4.98 Å². The van der Waals surface area contributed by atoms with E-state index in [1.54, 1.807) is 24.5 Å². The van der Waals surface area contributed by atoms with Gasteiger partial charge in [-0.15, -0.1) is 0 Å². The van der Waals surface area contributed by atoms with E-state index in [4.69, 9.17) is 16.6 Å². The Morgan fingerprint density at radius 3 is 2.24 bits per heavy atom. The molecule has 0 fully saturated rings. The molecule has 1 amide bonds. The highest BCUT2D eigenvalue weighted by Crippen LogP contribution is 2.28. The second kappa shape index (κ2) is 7.89. The SMILES string of the molecule is Cc1nc(-c2ccc(Cl)cc2)n(-c2ccc(NC(=O)c3ccncc3)cc2)c1C. The van der Waals surface area contributed by atoms with Crippen LogP contribution in [0.2, 0.25) is 5.02 Å². The van der Waals surface area contributed by atoms with Gasteiger partial charge in [-0.05, 0) is 74.5 Å². The van der Waals surface area contributed by atoms with Crippen LogP contribution in [0.5, 0.6) is 0 Å². The fraction of sp³-hybridized carbons (Fsp3) is 0.0870. The molecule has 0 radical (unpaired) electrons. The highest BCUT2D eigenvalue weighted by atomic mass is 35.5. The molecular weight excluding hydrogens is 384 g/mol. The van der Waals surface area contributed by atoms with E-state index in [1.165, 1.54) is 0 Å². The van der Waals surface area contributed by atoms with E-state index >= 15 is 0 Å². The average Bonchev–Trinajstić information content (AvgIpc) is 3.04. The van der Waals surface area contributed by atoms with Crippen molar-refractivity contribution in [2.24, 2.45) is 0 Å². The van der Waals surface area contributed by atoms with E-state index < -0.39 is 0 Å². The van der Waals surface area contributed by atoms with Crippen LogP contribution in [0.1, 0.15) is 21.7 Å². The summed E-state index contributed by atoms with van der Waals surface area (Å²) in [6, 6.07) is 18.7. The van der Waals surface area contributed by atoms with E-state index in [9.17, 15) is 4.79 Å². The van der Waals surface area contributed by atoms with Crippen molar-refractivity contribution in [3.8, 4) is 17.1 Å². The van der Waals surface area contributed by atoms with Crippen molar-refractivity contribution < 1.29 is 4.79 Å². The molecule has 5 nitrogen and oxygen atoms in total. The number of hydrogen-bond acceptors (Lipinski definition) is 3. The zero-order valence-electron chi connectivity index (χ0n) is 16.1. The Bertz CT molecular complexity index is 1150. The number of carbonyl (C=O) groups excluding carboxylic acids is 1. The molecule has 0 saturated heterocycles. The lowest BCUT2D eigenvalue weighted by Gasteiger charge is -2.12. The van der Waals surface area contributed by atoms with Crippen molar-refractivity contribution in [3.05, 3.63) is 95.0 Å². The van der Waals surface area contributed by atoms with Crippen LogP contribution in [0.4, 0.5) is 5.69 Å². The van der Waals surface area contributed by atoms with Crippen LogP contribution in [-0.2, 0) is 0 Å². The van der Waals surface area contributed by atoms with E-state index in [0.29, 0.717) is 10.6 Å². The number of rotatable bonds is 4. The summed E-state index contributed by atoms with van der Waals surface area (Å²) < 4.78 is 2.10. The largest absolute Gasteiger partial charge is 0.322 e. The van der Waals surface area contributed by atoms with Gasteiger partial charge in [-0.3, -0.25) is 14.3 Å². The van der Waals surface area contributed by atoms with Crippen LogP contribution in [0.15, 0.2) is 73.1 Å². The summed E-state index contributed by atoms with van der Waals surface area (Å²) in [5.41, 5.74) is 5.26. The third kappa shape index (κ3) is 3.91. The fourth-order valence-corrected chi connectivity index (χ4v) is 3.25. The molecule has 6 heteroatoms. The molecule has 2 aromatic heterocycles. The van der Waals surface area contributed by atoms with Crippen molar-refractivity contribution in [2.75, 3.05) is 5.32 Å². The van der Waals surface area contributed by atoms with Gasteiger partial charge >= 0.3 is 0 Å². The van der Waals surface area contributed by atoms with Gasteiger partial charge in [0.1, 0.15) is 5.82 Å². The van der Waals surface area contributed by atoms with Crippen molar-refractivity contribution >= 4 is 23.2 Å². The lowest BCUT2D eigenvalue weighted by atomic mass is 10.2. The van der Waals surface area contributed by atoms with Crippen LogP contribution in [0.25, 0.3) is 17.1 Å². The van der Waals surface area contributed by atoms with E-state index in [1.807, 2.05) is 62.4 Å². The Morgan fingerprint density at radius 1 is 0.931 bits per heavy atom. The first kappa shape index (κ1) is 18.9. The zero-order valence-corrected chi connectivity index (χ0v) is 16.8.